The van der Waals surface area contributed by atoms with Gasteiger partial charge in [0.15, 0.2) is 5.82 Å². The first-order valence-corrected chi connectivity index (χ1v) is 9.89. The zero-order valence-corrected chi connectivity index (χ0v) is 16.5. The van der Waals surface area contributed by atoms with Crippen molar-refractivity contribution in [1.82, 2.24) is 24.4 Å². The van der Waals surface area contributed by atoms with Gasteiger partial charge in [0.25, 0.3) is 0 Å². The molecule has 0 radical (unpaired) electrons. The second kappa shape index (κ2) is 8.51. The van der Waals surface area contributed by atoms with Crippen LogP contribution in [0.1, 0.15) is 24.1 Å². The standard InChI is InChI=1S/C22H24FN5O/c1-27-10-8-24-22(27)20-13-19(25-15-26-20)11-17-3-2-9-28(14-17)21(29)12-16-4-6-18(23)7-5-16/h4-8,10,13,15,17H,2-3,9,11-12,14H2,1H3. The van der Waals surface area contributed by atoms with E-state index in [1.165, 1.54) is 12.1 Å². The van der Waals surface area contributed by atoms with Crippen LogP contribution in [0.15, 0.2) is 49.1 Å². The molecule has 0 bridgehead atoms. The number of halogens is 1. The van der Waals surface area contributed by atoms with E-state index in [0.29, 0.717) is 12.3 Å². The molecule has 1 atom stereocenters. The maximum atomic E-state index is 13.1. The molecule has 3 heterocycles. The van der Waals surface area contributed by atoms with E-state index in [1.807, 2.05) is 28.8 Å². The predicted molar refractivity (Wildman–Crippen MR) is 107 cm³/mol. The summed E-state index contributed by atoms with van der Waals surface area (Å²) in [5.74, 6) is 0.991. The van der Waals surface area contributed by atoms with Crippen LogP contribution in [0.4, 0.5) is 4.39 Å². The van der Waals surface area contributed by atoms with E-state index < -0.39 is 0 Å². The number of piperidine rings is 1. The van der Waals surface area contributed by atoms with Crippen LogP contribution >= 0.6 is 0 Å². The number of nitrogens with zero attached hydrogens (tertiary/aromatic N) is 5. The summed E-state index contributed by atoms with van der Waals surface area (Å²) in [6, 6.07) is 8.14. The molecular weight excluding hydrogens is 369 g/mol. The molecule has 1 aliphatic heterocycles. The molecule has 1 aliphatic rings. The Kier molecular flexibility index (Phi) is 5.64. The summed E-state index contributed by atoms with van der Waals surface area (Å²) in [4.78, 5) is 27.8. The first-order valence-electron chi connectivity index (χ1n) is 9.89. The van der Waals surface area contributed by atoms with Crippen LogP contribution in [-0.4, -0.2) is 43.4 Å². The lowest BCUT2D eigenvalue weighted by Gasteiger charge is -2.33. The molecule has 1 aromatic carbocycles. The lowest BCUT2D eigenvalue weighted by atomic mass is 9.92. The highest BCUT2D eigenvalue weighted by Crippen LogP contribution is 2.22. The minimum absolute atomic E-state index is 0.0951. The number of hydrogen-bond acceptors (Lipinski definition) is 4. The van der Waals surface area contributed by atoms with Gasteiger partial charge in [-0.25, -0.2) is 19.3 Å². The Morgan fingerprint density at radius 1 is 1.21 bits per heavy atom. The van der Waals surface area contributed by atoms with Crippen LogP contribution in [0.25, 0.3) is 11.5 Å². The number of likely N-dealkylation sites (tertiary alicyclic amines) is 1. The fraction of sp³-hybridized carbons (Fsp3) is 0.364. The van der Waals surface area contributed by atoms with Gasteiger partial charge in [-0.2, -0.15) is 0 Å². The van der Waals surface area contributed by atoms with Crippen molar-refractivity contribution in [3.05, 3.63) is 66.1 Å². The van der Waals surface area contributed by atoms with Crippen molar-refractivity contribution < 1.29 is 9.18 Å². The summed E-state index contributed by atoms with van der Waals surface area (Å²) < 4.78 is 15.0. The number of aromatic nitrogens is 4. The summed E-state index contributed by atoms with van der Waals surface area (Å²) in [6.45, 7) is 1.50. The van der Waals surface area contributed by atoms with Gasteiger partial charge in [-0.1, -0.05) is 12.1 Å². The minimum Gasteiger partial charge on any atom is -0.342 e. The number of benzene rings is 1. The van der Waals surface area contributed by atoms with Crippen molar-refractivity contribution in [3.63, 3.8) is 0 Å². The van der Waals surface area contributed by atoms with Gasteiger partial charge < -0.3 is 9.47 Å². The van der Waals surface area contributed by atoms with Crippen LogP contribution < -0.4 is 0 Å². The van der Waals surface area contributed by atoms with E-state index in [4.69, 9.17) is 0 Å². The normalized spacial score (nSPS) is 16.8. The fourth-order valence-corrected chi connectivity index (χ4v) is 3.89. The van der Waals surface area contributed by atoms with E-state index in [9.17, 15) is 9.18 Å². The summed E-state index contributed by atoms with van der Waals surface area (Å²) in [6.07, 6.45) is 8.40. The van der Waals surface area contributed by atoms with Gasteiger partial charge in [0, 0.05) is 38.2 Å². The highest BCUT2D eigenvalue weighted by atomic mass is 19.1. The van der Waals surface area contributed by atoms with Gasteiger partial charge in [-0.15, -0.1) is 0 Å². The molecule has 0 saturated carbocycles. The van der Waals surface area contributed by atoms with E-state index in [0.717, 1.165) is 55.1 Å². The summed E-state index contributed by atoms with van der Waals surface area (Å²) in [7, 11) is 1.94. The van der Waals surface area contributed by atoms with Crippen molar-refractivity contribution >= 4 is 5.91 Å². The van der Waals surface area contributed by atoms with Crippen LogP contribution in [0, 0.1) is 11.7 Å². The van der Waals surface area contributed by atoms with Gasteiger partial charge >= 0.3 is 0 Å². The van der Waals surface area contributed by atoms with Crippen LogP contribution in [0.2, 0.25) is 0 Å². The summed E-state index contributed by atoms with van der Waals surface area (Å²) >= 11 is 0. The largest absolute Gasteiger partial charge is 0.342 e. The van der Waals surface area contributed by atoms with E-state index in [-0.39, 0.29) is 11.7 Å². The topological polar surface area (TPSA) is 63.9 Å². The Morgan fingerprint density at radius 3 is 2.79 bits per heavy atom. The van der Waals surface area contributed by atoms with Gasteiger partial charge in [-0.3, -0.25) is 4.79 Å². The SMILES string of the molecule is Cn1ccnc1-c1cc(CC2CCCN(C(=O)Cc3ccc(F)cc3)C2)ncn1. The third-order valence-corrected chi connectivity index (χ3v) is 5.41. The third-order valence-electron chi connectivity index (χ3n) is 5.41. The number of aryl methyl sites for hydroxylation is 1. The molecule has 3 aromatic rings. The zero-order valence-electron chi connectivity index (χ0n) is 16.5. The first kappa shape index (κ1) is 19.2. The Balaban J connectivity index is 1.39. The number of carbonyl (C=O) groups excluding carboxylic acids is 1. The Morgan fingerprint density at radius 2 is 2.03 bits per heavy atom. The maximum Gasteiger partial charge on any atom is 0.226 e. The lowest BCUT2D eigenvalue weighted by Crippen LogP contribution is -2.41. The molecule has 4 rings (SSSR count). The molecule has 7 heteroatoms. The molecule has 1 unspecified atom stereocenters. The second-order valence-electron chi connectivity index (χ2n) is 7.61. The summed E-state index contributed by atoms with van der Waals surface area (Å²) in [5.41, 5.74) is 2.62. The molecule has 29 heavy (non-hydrogen) atoms. The molecule has 150 valence electrons. The molecule has 2 aromatic heterocycles. The van der Waals surface area contributed by atoms with Crippen LogP contribution in [0.5, 0.6) is 0 Å². The second-order valence-corrected chi connectivity index (χ2v) is 7.61. The fourth-order valence-electron chi connectivity index (χ4n) is 3.89. The number of rotatable bonds is 5. The molecule has 0 spiro atoms. The average molecular weight is 393 g/mol. The smallest absolute Gasteiger partial charge is 0.226 e. The molecule has 1 fully saturated rings. The number of carbonyl (C=O) groups is 1. The van der Waals surface area contributed by atoms with Crippen molar-refractivity contribution in [2.75, 3.05) is 13.1 Å². The minimum atomic E-state index is -0.283. The van der Waals surface area contributed by atoms with Crippen molar-refractivity contribution in [2.45, 2.75) is 25.7 Å². The van der Waals surface area contributed by atoms with Gasteiger partial charge in [0.05, 0.1) is 6.42 Å². The number of hydrogen-bond donors (Lipinski definition) is 0. The van der Waals surface area contributed by atoms with Gasteiger partial charge in [0.1, 0.15) is 17.8 Å². The molecule has 1 saturated heterocycles. The molecule has 6 nitrogen and oxygen atoms in total. The van der Waals surface area contributed by atoms with Gasteiger partial charge in [-0.05, 0) is 48.9 Å². The van der Waals surface area contributed by atoms with Crippen molar-refractivity contribution in [3.8, 4) is 11.5 Å². The van der Waals surface area contributed by atoms with Crippen LogP contribution in [0.3, 0.4) is 0 Å². The van der Waals surface area contributed by atoms with Crippen molar-refractivity contribution in [2.24, 2.45) is 13.0 Å². The quantitative estimate of drug-likeness (QED) is 0.668. The van der Waals surface area contributed by atoms with Crippen LogP contribution in [-0.2, 0) is 24.7 Å². The summed E-state index contributed by atoms with van der Waals surface area (Å²) in [5, 5.41) is 0. The predicted octanol–water partition coefficient (Wildman–Crippen LogP) is 3.04. The molecular formula is C22H24FN5O. The number of amides is 1. The van der Waals surface area contributed by atoms with Crippen molar-refractivity contribution in [1.29, 1.82) is 0 Å². The van der Waals surface area contributed by atoms with E-state index in [2.05, 4.69) is 15.0 Å². The lowest BCUT2D eigenvalue weighted by molar-refractivity contribution is -0.132. The molecule has 0 aliphatic carbocycles. The Bertz CT molecular complexity index is 985. The third kappa shape index (κ3) is 4.67. The number of imidazole rings is 1. The first-order chi connectivity index (χ1) is 14.1. The zero-order chi connectivity index (χ0) is 20.2. The Labute approximate surface area is 169 Å². The van der Waals surface area contributed by atoms with E-state index in [1.54, 1.807) is 24.7 Å². The van der Waals surface area contributed by atoms with Gasteiger partial charge in [0.2, 0.25) is 5.91 Å². The molecule has 0 N–H and O–H groups in total. The highest BCUT2D eigenvalue weighted by molar-refractivity contribution is 5.78. The maximum absolute atomic E-state index is 13.1. The highest BCUT2D eigenvalue weighted by Gasteiger charge is 2.24. The molecule has 1 amide bonds. The monoisotopic (exact) mass is 393 g/mol. The average Bonchev–Trinajstić information content (AvgIpc) is 3.16. The Hall–Kier alpha value is -3.09. The van der Waals surface area contributed by atoms with E-state index >= 15 is 0 Å².